The predicted molar refractivity (Wildman–Crippen MR) is 135 cm³/mol. The topological polar surface area (TPSA) is 116 Å². The highest BCUT2D eigenvalue weighted by atomic mass is 32.1. The Kier molecular flexibility index (Phi) is 11.2. The maximum Gasteiger partial charge on any atom is 0.416 e. The summed E-state index contributed by atoms with van der Waals surface area (Å²) >= 11 is 1.33. The molecule has 0 aliphatic heterocycles. The smallest absolute Gasteiger partial charge is 0.416 e. The standard InChI is InChI=1S/C27H33F3O7S/c28-27(29,30)17-4-1-5-19(14-17)37-16-18(32)8-10-22-21(23(33)15-24(22)34)7-2-6-20-9-11-25(38-20)26(35)36-13-3-12-31/h1,4-5,8-11,14,18,21-24,31-34H,2-3,6-7,12-13,15-16H2/b10-8+/t18-,21-,22-,23+,24-/m1/s1. The molecule has 1 aliphatic rings. The summed E-state index contributed by atoms with van der Waals surface area (Å²) in [5, 5.41) is 39.9. The Balaban J connectivity index is 1.49. The third-order valence-electron chi connectivity index (χ3n) is 6.41. The molecule has 7 nitrogen and oxygen atoms in total. The van der Waals surface area contributed by atoms with Crippen molar-refractivity contribution in [2.24, 2.45) is 11.8 Å². The lowest BCUT2D eigenvalue weighted by molar-refractivity contribution is -0.137. The first-order chi connectivity index (χ1) is 18.1. The number of aliphatic hydroxyl groups excluding tert-OH is 4. The number of carbonyl (C=O) groups excluding carboxylic acids is 1. The SMILES string of the molecule is O=C(OCCCO)c1ccc(CCC[C@@H]2[C@@H](/C=C/[C@@H](O)COc3cccc(C(F)(F)F)c3)[C@H](O)C[C@@H]2O)s1. The highest BCUT2D eigenvalue weighted by Crippen LogP contribution is 2.37. The molecular weight excluding hydrogens is 525 g/mol. The van der Waals surface area contributed by atoms with Crippen LogP contribution in [0.1, 0.15) is 45.8 Å². The monoisotopic (exact) mass is 558 g/mol. The fourth-order valence-corrected chi connectivity index (χ4v) is 5.41. The summed E-state index contributed by atoms with van der Waals surface area (Å²) in [5.74, 6) is -1.07. The van der Waals surface area contributed by atoms with Gasteiger partial charge in [-0.05, 0) is 55.5 Å². The van der Waals surface area contributed by atoms with Gasteiger partial charge in [0.05, 0.1) is 24.4 Å². The van der Waals surface area contributed by atoms with Gasteiger partial charge in [0.1, 0.15) is 23.3 Å². The lowest BCUT2D eigenvalue weighted by atomic mass is 9.88. The van der Waals surface area contributed by atoms with Gasteiger partial charge in [0.25, 0.3) is 0 Å². The van der Waals surface area contributed by atoms with Gasteiger partial charge in [-0.25, -0.2) is 4.79 Å². The summed E-state index contributed by atoms with van der Waals surface area (Å²) in [4.78, 5) is 13.5. The van der Waals surface area contributed by atoms with Crippen LogP contribution in [0.5, 0.6) is 5.75 Å². The minimum atomic E-state index is -4.50. The molecule has 5 atom stereocenters. The van der Waals surface area contributed by atoms with Gasteiger partial charge >= 0.3 is 12.1 Å². The predicted octanol–water partition coefficient (Wildman–Crippen LogP) is 3.98. The van der Waals surface area contributed by atoms with Crippen molar-refractivity contribution in [2.75, 3.05) is 19.8 Å². The van der Waals surface area contributed by atoms with E-state index in [2.05, 4.69) is 0 Å². The molecule has 1 aliphatic carbocycles. The van der Waals surface area contributed by atoms with E-state index in [1.165, 1.54) is 29.5 Å². The Morgan fingerprint density at radius 3 is 2.68 bits per heavy atom. The van der Waals surface area contributed by atoms with Crippen LogP contribution in [0, 0.1) is 11.8 Å². The van der Waals surface area contributed by atoms with Crippen molar-refractivity contribution in [3.63, 3.8) is 0 Å². The van der Waals surface area contributed by atoms with Crippen LogP contribution in [0.4, 0.5) is 13.2 Å². The minimum absolute atomic E-state index is 0.0170. The second kappa shape index (κ2) is 14.1. The second-order valence-electron chi connectivity index (χ2n) is 9.27. The zero-order valence-electron chi connectivity index (χ0n) is 20.7. The van der Waals surface area contributed by atoms with Crippen LogP contribution in [-0.2, 0) is 17.3 Å². The lowest BCUT2D eigenvalue weighted by Gasteiger charge is -2.21. The van der Waals surface area contributed by atoms with Crippen molar-refractivity contribution in [3.05, 3.63) is 63.9 Å². The fourth-order valence-electron chi connectivity index (χ4n) is 4.47. The molecule has 0 bridgehead atoms. The quantitative estimate of drug-likeness (QED) is 0.167. The molecule has 0 amide bonds. The first-order valence-electron chi connectivity index (χ1n) is 12.5. The second-order valence-corrected chi connectivity index (χ2v) is 10.4. The molecule has 0 radical (unpaired) electrons. The van der Waals surface area contributed by atoms with Crippen LogP contribution in [0.2, 0.25) is 0 Å². The number of carbonyl (C=O) groups is 1. The molecule has 1 fully saturated rings. The van der Waals surface area contributed by atoms with E-state index in [1.54, 1.807) is 12.1 Å². The van der Waals surface area contributed by atoms with Crippen molar-refractivity contribution in [1.29, 1.82) is 0 Å². The number of thiophene rings is 1. The normalized spacial score (nSPS) is 22.6. The summed E-state index contributed by atoms with van der Waals surface area (Å²) < 4.78 is 48.9. The van der Waals surface area contributed by atoms with Crippen molar-refractivity contribution in [3.8, 4) is 5.75 Å². The van der Waals surface area contributed by atoms with Gasteiger partial charge in [0.2, 0.25) is 0 Å². The minimum Gasteiger partial charge on any atom is -0.491 e. The third-order valence-corrected chi connectivity index (χ3v) is 7.54. The third kappa shape index (κ3) is 8.81. The molecule has 11 heteroatoms. The molecule has 210 valence electrons. The Hall–Kier alpha value is -2.44. The Labute approximate surface area is 223 Å². The molecule has 3 rings (SSSR count). The molecule has 0 spiro atoms. The Morgan fingerprint density at radius 1 is 1.16 bits per heavy atom. The van der Waals surface area contributed by atoms with Crippen LogP contribution >= 0.6 is 11.3 Å². The van der Waals surface area contributed by atoms with Gasteiger partial charge in [-0.3, -0.25) is 0 Å². The number of hydrogen-bond acceptors (Lipinski definition) is 8. The zero-order valence-corrected chi connectivity index (χ0v) is 21.5. The molecule has 38 heavy (non-hydrogen) atoms. The van der Waals surface area contributed by atoms with Gasteiger partial charge in [0, 0.05) is 30.2 Å². The Bertz CT molecular complexity index is 1060. The fraction of sp³-hybridized carbons (Fsp3) is 0.519. The molecule has 0 saturated heterocycles. The van der Waals surface area contributed by atoms with Gasteiger partial charge in [-0.1, -0.05) is 18.2 Å². The van der Waals surface area contributed by atoms with E-state index in [0.717, 1.165) is 17.0 Å². The number of ether oxygens (including phenoxy) is 2. The first kappa shape index (κ1) is 30.1. The number of aryl methyl sites for hydroxylation is 1. The number of esters is 1. The maximum absolute atomic E-state index is 12.9. The average molecular weight is 559 g/mol. The van der Waals surface area contributed by atoms with Crippen LogP contribution in [0.3, 0.4) is 0 Å². The van der Waals surface area contributed by atoms with Crippen molar-refractivity contribution in [1.82, 2.24) is 0 Å². The molecule has 1 heterocycles. The van der Waals surface area contributed by atoms with Gasteiger partial charge < -0.3 is 29.9 Å². The van der Waals surface area contributed by atoms with Crippen LogP contribution in [-0.4, -0.2) is 64.5 Å². The first-order valence-corrected chi connectivity index (χ1v) is 13.3. The molecule has 2 aromatic rings. The molecule has 4 N–H and O–H groups in total. The van der Waals surface area contributed by atoms with Gasteiger partial charge in [0.15, 0.2) is 0 Å². The summed E-state index contributed by atoms with van der Waals surface area (Å²) in [6, 6.07) is 7.94. The van der Waals surface area contributed by atoms with E-state index in [-0.39, 0.29) is 37.9 Å². The number of benzene rings is 1. The highest BCUT2D eigenvalue weighted by Gasteiger charge is 2.39. The number of rotatable bonds is 13. The van der Waals surface area contributed by atoms with Crippen LogP contribution in [0.25, 0.3) is 0 Å². The summed E-state index contributed by atoms with van der Waals surface area (Å²) in [7, 11) is 0. The van der Waals surface area contributed by atoms with E-state index in [0.29, 0.717) is 30.6 Å². The van der Waals surface area contributed by atoms with E-state index < -0.39 is 41.9 Å². The largest absolute Gasteiger partial charge is 0.491 e. The van der Waals surface area contributed by atoms with Crippen LogP contribution < -0.4 is 4.74 Å². The van der Waals surface area contributed by atoms with E-state index in [1.807, 2.05) is 6.07 Å². The van der Waals surface area contributed by atoms with Crippen molar-refractivity contribution >= 4 is 17.3 Å². The molecule has 1 aromatic heterocycles. The summed E-state index contributed by atoms with van der Waals surface area (Å²) in [6.45, 7) is -0.157. The number of hydrogen-bond donors (Lipinski definition) is 4. The summed E-state index contributed by atoms with van der Waals surface area (Å²) in [5.41, 5.74) is -0.845. The van der Waals surface area contributed by atoms with Gasteiger partial charge in [-0.15, -0.1) is 11.3 Å². The molecule has 1 saturated carbocycles. The van der Waals surface area contributed by atoms with E-state index in [4.69, 9.17) is 14.6 Å². The number of alkyl halides is 3. The van der Waals surface area contributed by atoms with Gasteiger partial charge in [-0.2, -0.15) is 13.2 Å². The summed E-state index contributed by atoms with van der Waals surface area (Å²) in [6.07, 6.45) is -1.45. The average Bonchev–Trinajstić information content (AvgIpc) is 3.45. The molecular formula is C27H33F3O7S. The van der Waals surface area contributed by atoms with E-state index >= 15 is 0 Å². The zero-order chi connectivity index (χ0) is 27.7. The van der Waals surface area contributed by atoms with Crippen LogP contribution in [0.15, 0.2) is 48.6 Å². The van der Waals surface area contributed by atoms with Crippen molar-refractivity contribution in [2.45, 2.75) is 56.6 Å². The van der Waals surface area contributed by atoms with Crippen molar-refractivity contribution < 1.29 is 47.9 Å². The number of aliphatic hydroxyl groups is 4. The Morgan fingerprint density at radius 2 is 1.95 bits per heavy atom. The molecule has 1 aromatic carbocycles. The number of halogens is 3. The van der Waals surface area contributed by atoms with E-state index in [9.17, 15) is 33.3 Å². The maximum atomic E-state index is 12.9. The molecule has 0 unspecified atom stereocenters. The lowest BCUT2D eigenvalue weighted by Crippen LogP contribution is -2.22. The highest BCUT2D eigenvalue weighted by molar-refractivity contribution is 7.13.